The van der Waals surface area contributed by atoms with Crippen molar-refractivity contribution in [3.05, 3.63) is 59.9 Å². The number of rotatable bonds is 0. The van der Waals surface area contributed by atoms with Crippen LogP contribution in [0.15, 0.2) is 48.8 Å². The first-order chi connectivity index (χ1) is 8.76. The molecule has 0 radical (unpaired) electrons. The molecule has 0 spiro atoms. The van der Waals surface area contributed by atoms with Gasteiger partial charge < -0.3 is 5.73 Å². The highest BCUT2D eigenvalue weighted by atomic mass is 14.6. The van der Waals surface area contributed by atoms with Gasteiger partial charge in [0.25, 0.3) is 0 Å². The Morgan fingerprint density at radius 2 is 1.33 bits per heavy atom. The summed E-state index contributed by atoms with van der Waals surface area (Å²) in [4.78, 5) is 3.93. The zero-order valence-electron chi connectivity index (χ0n) is 10.9. The van der Waals surface area contributed by atoms with Gasteiger partial charge in [-0.3, -0.25) is 4.98 Å². The van der Waals surface area contributed by atoms with Crippen LogP contribution in [0.5, 0.6) is 0 Å². The van der Waals surface area contributed by atoms with Crippen LogP contribution in [0.1, 0.15) is 31.4 Å². The lowest BCUT2D eigenvalue weighted by molar-refractivity contribution is 1.09. The van der Waals surface area contributed by atoms with Crippen LogP contribution in [0, 0.1) is 11.8 Å². The van der Waals surface area contributed by atoms with Gasteiger partial charge in [-0.05, 0) is 36.4 Å². The van der Waals surface area contributed by atoms with E-state index in [0.717, 1.165) is 16.8 Å². The maximum Gasteiger partial charge on any atom is 0.0314 e. The van der Waals surface area contributed by atoms with E-state index in [-0.39, 0.29) is 0 Å². The summed E-state index contributed by atoms with van der Waals surface area (Å²) in [5.41, 5.74) is 8.25. The van der Waals surface area contributed by atoms with Gasteiger partial charge in [0.15, 0.2) is 0 Å². The van der Waals surface area contributed by atoms with Crippen LogP contribution in [0.25, 0.3) is 0 Å². The highest BCUT2D eigenvalue weighted by molar-refractivity contribution is 5.47. The molecule has 18 heavy (non-hydrogen) atoms. The molecule has 0 atom stereocenters. The third-order valence-electron chi connectivity index (χ3n) is 1.94. The predicted molar refractivity (Wildman–Crippen MR) is 77.0 cm³/mol. The molecule has 2 nitrogen and oxygen atoms in total. The highest BCUT2D eigenvalue weighted by Gasteiger charge is 1.86. The molecule has 1 aromatic carbocycles. The Kier molecular flexibility index (Phi) is 6.07. The maximum absolute atomic E-state index is 5.58. The van der Waals surface area contributed by atoms with Gasteiger partial charge in [-0.15, -0.1) is 0 Å². The first-order valence-electron chi connectivity index (χ1n) is 6.03. The molecule has 2 heteroatoms. The van der Waals surface area contributed by atoms with Crippen molar-refractivity contribution in [3.63, 3.8) is 0 Å². The van der Waals surface area contributed by atoms with E-state index >= 15 is 0 Å². The van der Waals surface area contributed by atoms with Gasteiger partial charge in [-0.25, -0.2) is 0 Å². The summed E-state index contributed by atoms with van der Waals surface area (Å²) < 4.78 is 0. The van der Waals surface area contributed by atoms with Gasteiger partial charge in [0.05, 0.1) is 0 Å². The normalized spacial score (nSPS) is 8.56. The van der Waals surface area contributed by atoms with Crippen molar-refractivity contribution in [2.24, 2.45) is 0 Å². The number of benzene rings is 1. The van der Waals surface area contributed by atoms with Crippen molar-refractivity contribution in [2.75, 3.05) is 5.73 Å². The molecule has 0 aliphatic carbocycles. The summed E-state index contributed by atoms with van der Waals surface area (Å²) in [6.45, 7) is 4.25. The van der Waals surface area contributed by atoms with Crippen molar-refractivity contribution in [2.45, 2.75) is 20.3 Å². The van der Waals surface area contributed by atoms with Gasteiger partial charge >= 0.3 is 0 Å². The molecule has 2 aromatic rings. The number of pyridine rings is 1. The number of aromatic nitrogens is 1. The number of hydrogen-bond acceptors (Lipinski definition) is 2. The van der Waals surface area contributed by atoms with Crippen molar-refractivity contribution < 1.29 is 0 Å². The van der Waals surface area contributed by atoms with E-state index in [1.807, 2.05) is 36.4 Å². The zero-order chi connectivity index (χ0) is 13.2. The van der Waals surface area contributed by atoms with Crippen LogP contribution in [0.4, 0.5) is 5.69 Å². The lowest BCUT2D eigenvalue weighted by Crippen LogP contribution is -1.83. The molecule has 0 fully saturated rings. The van der Waals surface area contributed by atoms with Crippen molar-refractivity contribution >= 4 is 5.69 Å². The molecule has 0 unspecified atom stereocenters. The van der Waals surface area contributed by atoms with Gasteiger partial charge in [-0.1, -0.05) is 32.1 Å². The maximum atomic E-state index is 5.58. The smallest absolute Gasteiger partial charge is 0.0314 e. The van der Waals surface area contributed by atoms with Gasteiger partial charge in [0.2, 0.25) is 0 Å². The number of nitrogens with two attached hydrogens (primary N) is 1. The van der Waals surface area contributed by atoms with Crippen LogP contribution in [-0.4, -0.2) is 4.98 Å². The Labute approximate surface area is 109 Å². The lowest BCUT2D eigenvalue weighted by Gasteiger charge is -1.91. The van der Waals surface area contributed by atoms with Crippen molar-refractivity contribution in [1.82, 2.24) is 4.98 Å². The molecule has 0 aliphatic rings. The van der Waals surface area contributed by atoms with Crippen LogP contribution < -0.4 is 5.73 Å². The second-order valence-electron chi connectivity index (χ2n) is 3.82. The number of hydrogen-bond donors (Lipinski definition) is 1. The summed E-state index contributed by atoms with van der Waals surface area (Å²) in [6.07, 6.45) is 4.71. The first kappa shape index (κ1) is 13.8. The second-order valence-corrected chi connectivity index (χ2v) is 3.82. The largest absolute Gasteiger partial charge is 0.399 e. The molecular formula is C16H18N2. The van der Waals surface area contributed by atoms with E-state index < -0.39 is 0 Å². The number of nitrogens with zero attached hydrogens (tertiary/aromatic N) is 1. The Balaban J connectivity index is 0.000000492. The zero-order valence-corrected chi connectivity index (χ0v) is 10.9. The third-order valence-corrected chi connectivity index (χ3v) is 1.94. The minimum absolute atomic E-state index is 0.754. The fourth-order valence-corrected chi connectivity index (χ4v) is 1.15. The van der Waals surface area contributed by atoms with Crippen LogP contribution in [0.2, 0.25) is 0 Å². The summed E-state index contributed by atoms with van der Waals surface area (Å²) in [5.74, 6) is 6.10. The molecule has 0 bridgehead atoms. The average Bonchev–Trinajstić information content (AvgIpc) is 2.40. The molecule has 0 saturated heterocycles. The average molecular weight is 238 g/mol. The Bertz CT molecular complexity index is 504. The molecular weight excluding hydrogens is 220 g/mol. The molecule has 1 heterocycles. The molecule has 0 saturated carbocycles. The molecule has 2 rings (SSSR count). The van der Waals surface area contributed by atoms with Gasteiger partial charge in [0.1, 0.15) is 0 Å². The van der Waals surface area contributed by atoms with Crippen LogP contribution in [-0.2, 0) is 0 Å². The summed E-state index contributed by atoms with van der Waals surface area (Å²) >= 11 is 0. The molecule has 0 amide bonds. The highest BCUT2D eigenvalue weighted by Crippen LogP contribution is 2.04. The third kappa shape index (κ3) is 5.18. The molecule has 92 valence electrons. The Morgan fingerprint density at radius 1 is 0.889 bits per heavy atom. The van der Waals surface area contributed by atoms with E-state index in [9.17, 15) is 0 Å². The minimum atomic E-state index is 0.754. The fraction of sp³-hybridized carbons (Fsp3) is 0.188. The standard InChI is InChI=1S/C13H10N2.C3H8/c14-13-5-3-11(4-6-13)1-2-12-7-9-15-10-8-12;1-3-2/h3-10H,14H2;3H2,1-2H3. The summed E-state index contributed by atoms with van der Waals surface area (Å²) in [6, 6.07) is 11.3. The second kappa shape index (κ2) is 7.92. The van der Waals surface area contributed by atoms with E-state index in [1.54, 1.807) is 12.4 Å². The van der Waals surface area contributed by atoms with Crippen LogP contribution in [0.3, 0.4) is 0 Å². The molecule has 0 aliphatic heterocycles. The lowest BCUT2D eigenvalue weighted by atomic mass is 10.2. The van der Waals surface area contributed by atoms with E-state index in [2.05, 4.69) is 30.7 Å². The fourth-order valence-electron chi connectivity index (χ4n) is 1.15. The molecule has 1 aromatic heterocycles. The monoisotopic (exact) mass is 238 g/mol. The number of anilines is 1. The van der Waals surface area contributed by atoms with E-state index in [0.29, 0.717) is 0 Å². The first-order valence-corrected chi connectivity index (χ1v) is 6.03. The Hall–Kier alpha value is -2.27. The summed E-state index contributed by atoms with van der Waals surface area (Å²) in [5, 5.41) is 0. The molecule has 2 N–H and O–H groups in total. The van der Waals surface area contributed by atoms with E-state index in [1.165, 1.54) is 6.42 Å². The van der Waals surface area contributed by atoms with E-state index in [4.69, 9.17) is 5.73 Å². The quantitative estimate of drug-likeness (QED) is 0.563. The predicted octanol–water partition coefficient (Wildman–Crippen LogP) is 3.48. The van der Waals surface area contributed by atoms with Gasteiger partial charge in [-0.2, -0.15) is 0 Å². The summed E-state index contributed by atoms with van der Waals surface area (Å²) in [7, 11) is 0. The number of nitrogen functional groups attached to an aromatic ring is 1. The van der Waals surface area contributed by atoms with Crippen molar-refractivity contribution in [1.29, 1.82) is 0 Å². The Morgan fingerprint density at radius 3 is 1.83 bits per heavy atom. The minimum Gasteiger partial charge on any atom is -0.399 e. The topological polar surface area (TPSA) is 38.9 Å². The van der Waals surface area contributed by atoms with Gasteiger partial charge in [0, 0.05) is 29.2 Å². The van der Waals surface area contributed by atoms with Crippen LogP contribution >= 0.6 is 0 Å². The van der Waals surface area contributed by atoms with Crippen molar-refractivity contribution in [3.8, 4) is 11.8 Å². The SMILES string of the molecule is CCC.Nc1ccc(C#Cc2ccncc2)cc1.